The van der Waals surface area contributed by atoms with Crippen LogP contribution in [0.5, 0.6) is 0 Å². The standard InChI is InChI=1S/C28H32N4O3S/c1-19(2)36(34,35)31-23-14-15-25-24(18-23)26(28(33)30-25)27(21-8-6-5-7-9-21)29-22-12-10-20(11-13-22)16-17-32(3)4/h5-15,18-19,26,31H,16-17H2,1-4H3,(H,30,33). The van der Waals surface area contributed by atoms with E-state index in [-0.39, 0.29) is 5.91 Å². The minimum atomic E-state index is -3.52. The van der Waals surface area contributed by atoms with Gasteiger partial charge in [0, 0.05) is 17.9 Å². The van der Waals surface area contributed by atoms with Gasteiger partial charge >= 0.3 is 0 Å². The van der Waals surface area contributed by atoms with Gasteiger partial charge in [0.2, 0.25) is 15.9 Å². The molecule has 1 atom stereocenters. The number of hydrogen-bond donors (Lipinski definition) is 2. The van der Waals surface area contributed by atoms with E-state index in [4.69, 9.17) is 4.99 Å². The van der Waals surface area contributed by atoms with E-state index >= 15 is 0 Å². The second kappa shape index (κ2) is 10.6. The number of amides is 1. The summed E-state index contributed by atoms with van der Waals surface area (Å²) in [7, 11) is 0.577. The van der Waals surface area contributed by atoms with Crippen molar-refractivity contribution in [2.24, 2.45) is 4.99 Å². The highest BCUT2D eigenvalue weighted by Crippen LogP contribution is 2.38. The molecule has 0 spiro atoms. The fourth-order valence-electron chi connectivity index (χ4n) is 4.01. The highest BCUT2D eigenvalue weighted by Gasteiger charge is 2.36. The first kappa shape index (κ1) is 25.6. The summed E-state index contributed by atoms with van der Waals surface area (Å²) >= 11 is 0. The molecule has 188 valence electrons. The summed E-state index contributed by atoms with van der Waals surface area (Å²) < 4.78 is 27.5. The van der Waals surface area contributed by atoms with Gasteiger partial charge in [0.1, 0.15) is 5.92 Å². The zero-order chi connectivity index (χ0) is 25.9. The maximum absolute atomic E-state index is 13.2. The summed E-state index contributed by atoms with van der Waals surface area (Å²) in [4.78, 5) is 20.3. The first-order valence-electron chi connectivity index (χ1n) is 12.0. The summed E-state index contributed by atoms with van der Waals surface area (Å²) in [6.07, 6.45) is 0.940. The van der Waals surface area contributed by atoms with Gasteiger partial charge in [0.05, 0.1) is 16.6 Å². The molecule has 1 amide bonds. The highest BCUT2D eigenvalue weighted by atomic mass is 32.2. The first-order valence-corrected chi connectivity index (χ1v) is 13.5. The molecule has 0 aliphatic carbocycles. The van der Waals surface area contributed by atoms with Crippen LogP contribution < -0.4 is 10.0 Å². The smallest absolute Gasteiger partial charge is 0.238 e. The van der Waals surface area contributed by atoms with Crippen LogP contribution in [0, 0.1) is 0 Å². The molecule has 0 saturated carbocycles. The van der Waals surface area contributed by atoms with Crippen LogP contribution in [0.15, 0.2) is 77.8 Å². The molecule has 2 N–H and O–H groups in total. The maximum Gasteiger partial charge on any atom is 0.238 e. The Hall–Kier alpha value is -3.49. The van der Waals surface area contributed by atoms with Gasteiger partial charge in [-0.05, 0) is 81.4 Å². The summed E-state index contributed by atoms with van der Waals surface area (Å²) in [5.41, 5.74) is 5.17. The van der Waals surface area contributed by atoms with Gasteiger partial charge < -0.3 is 10.2 Å². The Labute approximate surface area is 213 Å². The molecule has 1 aliphatic heterocycles. The predicted octanol–water partition coefficient (Wildman–Crippen LogP) is 4.80. The summed E-state index contributed by atoms with van der Waals surface area (Å²) in [6, 6.07) is 22.8. The van der Waals surface area contributed by atoms with Gasteiger partial charge in [-0.1, -0.05) is 42.5 Å². The number of carbonyl (C=O) groups is 1. The molecule has 1 aliphatic rings. The molecule has 36 heavy (non-hydrogen) atoms. The van der Waals surface area contributed by atoms with E-state index in [1.807, 2.05) is 42.5 Å². The van der Waals surface area contributed by atoms with E-state index in [2.05, 4.69) is 41.2 Å². The van der Waals surface area contributed by atoms with Gasteiger partial charge in [-0.25, -0.2) is 8.42 Å². The Morgan fingerprint density at radius 2 is 1.72 bits per heavy atom. The van der Waals surface area contributed by atoms with Crippen LogP contribution in [0.3, 0.4) is 0 Å². The molecule has 1 unspecified atom stereocenters. The second-order valence-corrected chi connectivity index (χ2v) is 11.7. The molecule has 0 bridgehead atoms. The van der Waals surface area contributed by atoms with Crippen LogP contribution >= 0.6 is 0 Å². The van der Waals surface area contributed by atoms with Crippen molar-refractivity contribution in [2.75, 3.05) is 30.7 Å². The molecule has 0 saturated heterocycles. The van der Waals surface area contributed by atoms with Gasteiger partial charge in [-0.15, -0.1) is 0 Å². The van der Waals surface area contributed by atoms with Crippen LogP contribution in [0.25, 0.3) is 0 Å². The third-order valence-corrected chi connectivity index (χ3v) is 7.90. The molecule has 0 fully saturated rings. The van der Waals surface area contributed by atoms with E-state index < -0.39 is 21.2 Å². The van der Waals surface area contributed by atoms with Crippen LogP contribution in [0.1, 0.15) is 36.5 Å². The van der Waals surface area contributed by atoms with Gasteiger partial charge in [0.25, 0.3) is 0 Å². The van der Waals surface area contributed by atoms with Crippen molar-refractivity contribution in [3.05, 3.63) is 89.5 Å². The SMILES string of the molecule is CC(C)S(=O)(=O)Nc1ccc2c(c1)C(C(=Nc1ccc(CCN(C)C)cc1)c1ccccc1)C(=O)N2. The van der Waals surface area contributed by atoms with Gasteiger partial charge in [-0.2, -0.15) is 0 Å². The number of nitrogens with zero attached hydrogens (tertiary/aromatic N) is 2. The molecule has 7 nitrogen and oxygen atoms in total. The number of hydrogen-bond acceptors (Lipinski definition) is 5. The van der Waals surface area contributed by atoms with Gasteiger partial charge in [-0.3, -0.25) is 14.5 Å². The topological polar surface area (TPSA) is 90.9 Å². The quantitative estimate of drug-likeness (QED) is 0.410. The van der Waals surface area contributed by atoms with Crippen LogP contribution in [0.4, 0.5) is 17.1 Å². The average molecular weight is 505 g/mol. The normalized spacial score (nSPS) is 15.8. The largest absolute Gasteiger partial charge is 0.325 e. The number of rotatable bonds is 9. The number of aliphatic imine (C=N–C) groups is 1. The van der Waals surface area contributed by atoms with E-state index in [1.54, 1.807) is 32.0 Å². The fourth-order valence-corrected chi connectivity index (χ4v) is 4.70. The number of sulfonamides is 1. The Bertz CT molecular complexity index is 1370. The molecule has 0 radical (unpaired) electrons. The lowest BCUT2D eigenvalue weighted by atomic mass is 9.90. The Balaban J connectivity index is 1.74. The van der Waals surface area contributed by atoms with E-state index in [0.717, 1.165) is 24.2 Å². The number of anilines is 2. The zero-order valence-corrected chi connectivity index (χ0v) is 21.8. The van der Waals surface area contributed by atoms with Crippen LogP contribution in [0.2, 0.25) is 0 Å². The number of nitrogens with one attached hydrogen (secondary N) is 2. The minimum absolute atomic E-state index is 0.195. The Morgan fingerprint density at radius 1 is 1.03 bits per heavy atom. The third kappa shape index (κ3) is 5.83. The van der Waals surface area contributed by atoms with Gasteiger partial charge in [0.15, 0.2) is 0 Å². The number of fused-ring (bicyclic) bond motifs is 1. The van der Waals surface area contributed by atoms with Crippen molar-refractivity contribution in [3.8, 4) is 0 Å². The summed E-state index contributed by atoms with van der Waals surface area (Å²) in [6.45, 7) is 4.20. The van der Waals surface area contributed by atoms with Crippen molar-refractivity contribution in [1.82, 2.24) is 4.90 Å². The molecular formula is C28H32N4O3S. The number of likely N-dealkylation sites (N-methyl/N-ethyl adjacent to an activating group) is 1. The Kier molecular flexibility index (Phi) is 7.56. The Morgan fingerprint density at radius 3 is 2.36 bits per heavy atom. The lowest BCUT2D eigenvalue weighted by Crippen LogP contribution is -2.23. The monoisotopic (exact) mass is 504 g/mol. The maximum atomic E-state index is 13.2. The predicted molar refractivity (Wildman–Crippen MR) is 147 cm³/mol. The van der Waals surface area contributed by atoms with Crippen molar-refractivity contribution in [1.29, 1.82) is 0 Å². The van der Waals surface area contributed by atoms with Crippen LogP contribution in [-0.2, 0) is 21.2 Å². The second-order valence-electron chi connectivity index (χ2n) is 9.50. The molecule has 8 heteroatoms. The molecule has 0 aromatic heterocycles. The van der Waals surface area contributed by atoms with E-state index in [9.17, 15) is 13.2 Å². The van der Waals surface area contributed by atoms with E-state index in [1.165, 1.54) is 5.56 Å². The van der Waals surface area contributed by atoms with Crippen molar-refractivity contribution in [2.45, 2.75) is 31.4 Å². The van der Waals surface area contributed by atoms with E-state index in [0.29, 0.717) is 22.6 Å². The average Bonchev–Trinajstić information content (AvgIpc) is 3.17. The molecule has 4 rings (SSSR count). The lowest BCUT2D eigenvalue weighted by Gasteiger charge is -2.16. The number of benzene rings is 3. The molecule has 1 heterocycles. The minimum Gasteiger partial charge on any atom is -0.325 e. The van der Waals surface area contributed by atoms with Crippen molar-refractivity contribution >= 4 is 38.7 Å². The molecule has 3 aromatic carbocycles. The lowest BCUT2D eigenvalue weighted by molar-refractivity contribution is -0.115. The summed E-state index contributed by atoms with van der Waals surface area (Å²) in [5.74, 6) is -0.876. The third-order valence-electron chi connectivity index (χ3n) is 6.14. The number of carbonyl (C=O) groups excluding carboxylic acids is 1. The zero-order valence-electron chi connectivity index (χ0n) is 21.0. The first-order chi connectivity index (χ1) is 17.1. The van der Waals surface area contributed by atoms with Crippen molar-refractivity contribution in [3.63, 3.8) is 0 Å². The van der Waals surface area contributed by atoms with Crippen LogP contribution in [-0.4, -0.2) is 50.8 Å². The molecule has 3 aromatic rings. The van der Waals surface area contributed by atoms with Crippen molar-refractivity contribution < 1.29 is 13.2 Å². The summed E-state index contributed by atoms with van der Waals surface area (Å²) in [5, 5.41) is 2.35. The highest BCUT2D eigenvalue weighted by molar-refractivity contribution is 7.93. The molecular weight excluding hydrogens is 472 g/mol. The fraction of sp³-hybridized carbons (Fsp3) is 0.286.